The lowest BCUT2D eigenvalue weighted by molar-refractivity contribution is -0.121. The van der Waals surface area contributed by atoms with Crippen LogP contribution in [0, 0.1) is 5.92 Å². The van der Waals surface area contributed by atoms with E-state index in [1.54, 1.807) is 24.3 Å². The number of nitrogens with zero attached hydrogens (tertiary/aromatic N) is 1. The highest BCUT2D eigenvalue weighted by atomic mass is 16.3. The summed E-state index contributed by atoms with van der Waals surface area (Å²) in [5.41, 5.74) is 3.27. The van der Waals surface area contributed by atoms with Crippen molar-refractivity contribution in [1.82, 2.24) is 5.43 Å². The third kappa shape index (κ3) is 4.59. The molecule has 1 rings (SSSR count). The van der Waals surface area contributed by atoms with Gasteiger partial charge < -0.3 is 5.11 Å². The molecule has 1 aromatic rings. The van der Waals surface area contributed by atoms with E-state index in [1.807, 2.05) is 13.8 Å². The average Bonchev–Trinajstić information content (AvgIpc) is 2.20. The lowest BCUT2D eigenvalue weighted by Gasteiger charge is -2.01. The Hall–Kier alpha value is -1.84. The number of phenols is 1. The fraction of sp³-hybridized carbons (Fsp3) is 0.333. The van der Waals surface area contributed by atoms with Gasteiger partial charge in [0.15, 0.2) is 0 Å². The first-order valence-electron chi connectivity index (χ1n) is 5.19. The van der Waals surface area contributed by atoms with Gasteiger partial charge >= 0.3 is 0 Å². The number of hydrazone groups is 1. The normalized spacial score (nSPS) is 10.9. The molecule has 0 saturated carbocycles. The quantitative estimate of drug-likeness (QED) is 0.601. The predicted octanol–water partition coefficient (Wildman–Crippen LogP) is 1.89. The minimum atomic E-state index is -0.0926. The van der Waals surface area contributed by atoms with Crippen LogP contribution < -0.4 is 5.43 Å². The zero-order valence-corrected chi connectivity index (χ0v) is 9.47. The summed E-state index contributed by atoms with van der Waals surface area (Å²) < 4.78 is 0. The van der Waals surface area contributed by atoms with Gasteiger partial charge in [-0.15, -0.1) is 0 Å². The monoisotopic (exact) mass is 220 g/mol. The van der Waals surface area contributed by atoms with Crippen LogP contribution in [0.4, 0.5) is 0 Å². The van der Waals surface area contributed by atoms with Crippen LogP contribution in [0.3, 0.4) is 0 Å². The van der Waals surface area contributed by atoms with Crippen LogP contribution in [-0.4, -0.2) is 17.2 Å². The maximum atomic E-state index is 11.2. The number of carbonyl (C=O) groups excluding carboxylic acids is 1. The SMILES string of the molecule is CC(C)CC(=O)NN=Cc1ccc(O)cc1. The summed E-state index contributed by atoms with van der Waals surface area (Å²) in [5, 5.41) is 12.9. The van der Waals surface area contributed by atoms with Gasteiger partial charge in [0.1, 0.15) is 5.75 Å². The fourth-order valence-electron chi connectivity index (χ4n) is 1.16. The molecule has 86 valence electrons. The number of hydrogen-bond acceptors (Lipinski definition) is 3. The van der Waals surface area contributed by atoms with Gasteiger partial charge in [0.25, 0.3) is 0 Å². The van der Waals surface area contributed by atoms with Crippen LogP contribution in [0.15, 0.2) is 29.4 Å². The first-order valence-corrected chi connectivity index (χ1v) is 5.19. The maximum Gasteiger partial charge on any atom is 0.240 e. The Morgan fingerprint density at radius 2 is 2.06 bits per heavy atom. The van der Waals surface area contributed by atoms with E-state index in [1.165, 1.54) is 6.21 Å². The molecule has 0 aliphatic carbocycles. The topological polar surface area (TPSA) is 61.7 Å². The van der Waals surface area contributed by atoms with Gasteiger partial charge in [0.05, 0.1) is 6.21 Å². The van der Waals surface area contributed by atoms with E-state index >= 15 is 0 Å². The number of nitrogens with one attached hydrogen (secondary N) is 1. The van der Waals surface area contributed by atoms with Crippen molar-refractivity contribution < 1.29 is 9.90 Å². The van der Waals surface area contributed by atoms with Gasteiger partial charge in [0.2, 0.25) is 5.91 Å². The zero-order valence-electron chi connectivity index (χ0n) is 9.47. The summed E-state index contributed by atoms with van der Waals surface area (Å²) >= 11 is 0. The van der Waals surface area contributed by atoms with E-state index in [2.05, 4.69) is 10.5 Å². The summed E-state index contributed by atoms with van der Waals surface area (Å²) in [6.45, 7) is 3.95. The molecule has 0 aliphatic heterocycles. The Bertz CT molecular complexity index is 369. The molecule has 4 heteroatoms. The summed E-state index contributed by atoms with van der Waals surface area (Å²) in [6, 6.07) is 6.56. The van der Waals surface area contributed by atoms with Crippen molar-refractivity contribution in [3.05, 3.63) is 29.8 Å². The van der Waals surface area contributed by atoms with Crippen LogP contribution in [0.1, 0.15) is 25.8 Å². The second-order valence-corrected chi connectivity index (χ2v) is 3.98. The summed E-state index contributed by atoms with van der Waals surface area (Å²) in [6.07, 6.45) is 2.00. The lowest BCUT2D eigenvalue weighted by atomic mass is 10.1. The second kappa shape index (κ2) is 5.90. The van der Waals surface area contributed by atoms with Crippen LogP contribution in [0.5, 0.6) is 5.75 Å². The molecule has 1 amide bonds. The largest absolute Gasteiger partial charge is 0.508 e. The molecule has 0 bridgehead atoms. The molecule has 0 saturated heterocycles. The molecule has 0 aromatic heterocycles. The van der Waals surface area contributed by atoms with Gasteiger partial charge in [0, 0.05) is 6.42 Å². The number of carbonyl (C=O) groups is 1. The number of aromatic hydroxyl groups is 1. The van der Waals surface area contributed by atoms with E-state index in [0.29, 0.717) is 12.3 Å². The Labute approximate surface area is 95.0 Å². The second-order valence-electron chi connectivity index (χ2n) is 3.98. The third-order valence-corrected chi connectivity index (χ3v) is 1.89. The molecule has 16 heavy (non-hydrogen) atoms. The van der Waals surface area contributed by atoms with Gasteiger partial charge in [-0.3, -0.25) is 4.79 Å². The van der Waals surface area contributed by atoms with Crippen molar-refractivity contribution in [1.29, 1.82) is 0 Å². The predicted molar refractivity (Wildman–Crippen MR) is 63.3 cm³/mol. The Balaban J connectivity index is 2.43. The number of benzene rings is 1. The highest BCUT2D eigenvalue weighted by Gasteiger charge is 2.01. The standard InChI is InChI=1S/C12H16N2O2/c1-9(2)7-12(16)14-13-8-10-3-5-11(15)6-4-10/h3-6,8-9,15H,7H2,1-2H3,(H,14,16). The van der Waals surface area contributed by atoms with E-state index in [4.69, 9.17) is 5.11 Å². The van der Waals surface area contributed by atoms with Crippen LogP contribution in [0.25, 0.3) is 0 Å². The van der Waals surface area contributed by atoms with Crippen molar-refractivity contribution in [3.8, 4) is 5.75 Å². The fourth-order valence-corrected chi connectivity index (χ4v) is 1.16. The average molecular weight is 220 g/mol. The van der Waals surface area contributed by atoms with E-state index in [-0.39, 0.29) is 11.7 Å². The van der Waals surface area contributed by atoms with Crippen molar-refractivity contribution in [2.75, 3.05) is 0 Å². The Morgan fingerprint density at radius 1 is 1.44 bits per heavy atom. The number of hydrogen-bond donors (Lipinski definition) is 2. The maximum absolute atomic E-state index is 11.2. The van der Waals surface area contributed by atoms with E-state index in [0.717, 1.165) is 5.56 Å². The minimum absolute atomic E-state index is 0.0926. The van der Waals surface area contributed by atoms with Gasteiger partial charge in [-0.1, -0.05) is 13.8 Å². The minimum Gasteiger partial charge on any atom is -0.508 e. The summed E-state index contributed by atoms with van der Waals surface area (Å²) in [7, 11) is 0. The molecule has 4 nitrogen and oxygen atoms in total. The highest BCUT2D eigenvalue weighted by molar-refractivity contribution is 5.82. The molecule has 0 radical (unpaired) electrons. The molecule has 2 N–H and O–H groups in total. The Morgan fingerprint density at radius 3 is 2.62 bits per heavy atom. The van der Waals surface area contributed by atoms with Gasteiger partial charge in [-0.2, -0.15) is 5.10 Å². The summed E-state index contributed by atoms with van der Waals surface area (Å²) in [4.78, 5) is 11.2. The number of phenolic OH excluding ortho intramolecular Hbond substituents is 1. The summed E-state index contributed by atoms with van der Waals surface area (Å²) in [5.74, 6) is 0.440. The van der Waals surface area contributed by atoms with Crippen molar-refractivity contribution in [3.63, 3.8) is 0 Å². The smallest absolute Gasteiger partial charge is 0.240 e. The van der Waals surface area contributed by atoms with Gasteiger partial charge in [-0.25, -0.2) is 5.43 Å². The molecular weight excluding hydrogens is 204 g/mol. The van der Waals surface area contributed by atoms with Crippen molar-refractivity contribution in [2.24, 2.45) is 11.0 Å². The number of rotatable bonds is 4. The van der Waals surface area contributed by atoms with Crippen molar-refractivity contribution >= 4 is 12.1 Å². The highest BCUT2D eigenvalue weighted by Crippen LogP contribution is 2.07. The van der Waals surface area contributed by atoms with Gasteiger partial charge in [-0.05, 0) is 35.7 Å². The zero-order chi connectivity index (χ0) is 12.0. The van der Waals surface area contributed by atoms with E-state index in [9.17, 15) is 4.79 Å². The first-order chi connectivity index (χ1) is 7.58. The molecule has 0 spiro atoms. The molecular formula is C12H16N2O2. The molecule has 1 aromatic carbocycles. The van der Waals surface area contributed by atoms with E-state index < -0.39 is 0 Å². The molecule has 0 heterocycles. The molecule has 0 fully saturated rings. The lowest BCUT2D eigenvalue weighted by Crippen LogP contribution is -2.19. The number of amides is 1. The molecule has 0 atom stereocenters. The Kier molecular flexibility index (Phi) is 4.51. The molecule has 0 unspecified atom stereocenters. The molecule has 0 aliphatic rings. The van der Waals surface area contributed by atoms with Crippen LogP contribution in [0.2, 0.25) is 0 Å². The van der Waals surface area contributed by atoms with Crippen LogP contribution >= 0.6 is 0 Å². The first kappa shape index (κ1) is 12.2. The third-order valence-electron chi connectivity index (χ3n) is 1.89. The van der Waals surface area contributed by atoms with Crippen molar-refractivity contribution in [2.45, 2.75) is 20.3 Å². The van der Waals surface area contributed by atoms with Crippen LogP contribution in [-0.2, 0) is 4.79 Å².